The third kappa shape index (κ3) is 13.9. The van der Waals surface area contributed by atoms with Gasteiger partial charge in [0.1, 0.15) is 6.23 Å². The van der Waals surface area contributed by atoms with Crippen molar-refractivity contribution in [2.24, 2.45) is 0 Å². The first-order chi connectivity index (χ1) is 9.12. The van der Waals surface area contributed by atoms with Crippen LogP contribution in [0.2, 0.25) is 13.1 Å². The Hall–Kier alpha value is -0.283. The molecule has 0 heterocycles. The quantitative estimate of drug-likeness (QED) is 0.255. The summed E-state index contributed by atoms with van der Waals surface area (Å²) in [4.78, 5) is 0. The maximum atomic E-state index is 5.70. The van der Waals surface area contributed by atoms with Gasteiger partial charge in [-0.05, 0) is 38.9 Å². The summed E-state index contributed by atoms with van der Waals surface area (Å²) < 4.78 is 11.3. The topological polar surface area (TPSA) is 18.5 Å². The first kappa shape index (κ1) is 18.7. The smallest absolute Gasteiger partial charge is 0.224 e. The fraction of sp³-hybridized carbons (Fsp3) is 0.875. The lowest BCUT2D eigenvalue weighted by atomic mass is 10.1. The van der Waals surface area contributed by atoms with Gasteiger partial charge in [-0.25, -0.2) is 0 Å². The first-order valence-corrected chi connectivity index (χ1v) is 11.1. The van der Waals surface area contributed by atoms with Crippen LogP contribution in [0.5, 0.6) is 0 Å². The summed E-state index contributed by atoms with van der Waals surface area (Å²) in [5.74, 6) is 0. The zero-order valence-electron chi connectivity index (χ0n) is 13.5. The molecule has 0 fully saturated rings. The van der Waals surface area contributed by atoms with Gasteiger partial charge >= 0.3 is 0 Å². The molecule has 0 atom stereocenters. The van der Waals surface area contributed by atoms with Crippen molar-refractivity contribution in [1.29, 1.82) is 0 Å². The van der Waals surface area contributed by atoms with Crippen LogP contribution in [-0.2, 0) is 9.16 Å². The van der Waals surface area contributed by atoms with Gasteiger partial charge in [-0.3, -0.25) is 0 Å². The Labute approximate surface area is 121 Å². The third-order valence-corrected chi connectivity index (χ3v) is 5.06. The number of rotatable bonds is 13. The largest absolute Gasteiger partial charge is 0.502 e. The van der Waals surface area contributed by atoms with Crippen molar-refractivity contribution in [2.45, 2.75) is 78.3 Å². The summed E-state index contributed by atoms with van der Waals surface area (Å²) in [6, 6.07) is 0. The zero-order chi connectivity index (χ0) is 14.4. The van der Waals surface area contributed by atoms with E-state index in [9.17, 15) is 0 Å². The molecule has 114 valence electrons. The standard InChI is InChI=1S/C16H34O2Si/c1-5-7-8-9-10-11-12-13-14-15-17-16-19(3,4)18-6-2/h14-15H,5-13,16H2,1-4H3/b15-14+. The van der Waals surface area contributed by atoms with Crippen LogP contribution in [0.3, 0.4) is 0 Å². The molecule has 2 nitrogen and oxygen atoms in total. The minimum absolute atomic E-state index is 0.758. The van der Waals surface area contributed by atoms with E-state index < -0.39 is 8.32 Å². The van der Waals surface area contributed by atoms with Crippen LogP contribution < -0.4 is 0 Å². The highest BCUT2D eigenvalue weighted by Gasteiger charge is 2.21. The summed E-state index contributed by atoms with van der Waals surface area (Å²) >= 11 is 0. The van der Waals surface area contributed by atoms with Gasteiger partial charge < -0.3 is 9.16 Å². The number of ether oxygens (including phenoxy) is 1. The molecule has 19 heavy (non-hydrogen) atoms. The van der Waals surface area contributed by atoms with E-state index in [0.29, 0.717) is 0 Å². The van der Waals surface area contributed by atoms with Gasteiger partial charge in [-0.1, -0.05) is 45.4 Å². The normalized spacial score (nSPS) is 12.2. The number of hydrogen-bond acceptors (Lipinski definition) is 2. The Bertz CT molecular complexity index is 215. The van der Waals surface area contributed by atoms with Crippen LogP contribution in [0.4, 0.5) is 0 Å². The Balaban J connectivity index is 3.30. The van der Waals surface area contributed by atoms with E-state index in [1.165, 1.54) is 44.9 Å². The molecule has 0 aliphatic carbocycles. The lowest BCUT2D eigenvalue weighted by Gasteiger charge is -2.20. The fourth-order valence-corrected chi connectivity index (χ4v) is 3.40. The van der Waals surface area contributed by atoms with Crippen LogP contribution in [0.1, 0.15) is 65.2 Å². The van der Waals surface area contributed by atoms with E-state index >= 15 is 0 Å². The van der Waals surface area contributed by atoms with Crippen LogP contribution >= 0.6 is 0 Å². The molecule has 0 aromatic carbocycles. The van der Waals surface area contributed by atoms with Crippen LogP contribution in [-0.4, -0.2) is 21.2 Å². The summed E-state index contributed by atoms with van der Waals surface area (Å²) in [6.45, 7) is 9.50. The summed E-state index contributed by atoms with van der Waals surface area (Å²) in [5, 5.41) is 0. The lowest BCUT2D eigenvalue weighted by molar-refractivity contribution is 0.250. The molecule has 0 unspecified atom stereocenters. The molecular formula is C16H34O2Si. The maximum Gasteiger partial charge on any atom is 0.224 e. The maximum absolute atomic E-state index is 5.70. The van der Waals surface area contributed by atoms with E-state index in [1.54, 1.807) is 0 Å². The Morgan fingerprint density at radius 1 is 0.895 bits per heavy atom. The minimum atomic E-state index is -1.57. The summed E-state index contributed by atoms with van der Waals surface area (Å²) in [5.41, 5.74) is 0. The molecule has 0 aliphatic rings. The highest BCUT2D eigenvalue weighted by molar-refractivity contribution is 6.71. The molecule has 0 saturated carbocycles. The number of hydrogen-bond donors (Lipinski definition) is 0. The van der Waals surface area contributed by atoms with Gasteiger partial charge in [0.05, 0.1) is 6.26 Å². The number of allylic oxidation sites excluding steroid dienone is 1. The second kappa shape index (κ2) is 12.7. The van der Waals surface area contributed by atoms with E-state index in [4.69, 9.17) is 9.16 Å². The monoisotopic (exact) mass is 286 g/mol. The molecule has 3 heteroatoms. The van der Waals surface area contributed by atoms with Crippen LogP contribution in [0, 0.1) is 0 Å². The summed E-state index contributed by atoms with van der Waals surface area (Å²) in [6.07, 6.45) is 15.5. The van der Waals surface area contributed by atoms with Crippen molar-refractivity contribution in [1.82, 2.24) is 0 Å². The van der Waals surface area contributed by atoms with Gasteiger partial charge in [-0.15, -0.1) is 0 Å². The van der Waals surface area contributed by atoms with Crippen molar-refractivity contribution in [3.8, 4) is 0 Å². The molecule has 0 saturated heterocycles. The van der Waals surface area contributed by atoms with Crippen molar-refractivity contribution < 1.29 is 9.16 Å². The lowest BCUT2D eigenvalue weighted by Crippen LogP contribution is -2.36. The van der Waals surface area contributed by atoms with Gasteiger partial charge in [0.2, 0.25) is 8.32 Å². The number of unbranched alkanes of at least 4 members (excludes halogenated alkanes) is 7. The van der Waals surface area contributed by atoms with E-state index in [2.05, 4.69) is 26.1 Å². The molecule has 0 aromatic rings. The van der Waals surface area contributed by atoms with E-state index in [-0.39, 0.29) is 0 Å². The molecule has 0 aromatic heterocycles. The Morgan fingerprint density at radius 2 is 1.53 bits per heavy atom. The van der Waals surface area contributed by atoms with Crippen molar-refractivity contribution in [2.75, 3.05) is 12.8 Å². The van der Waals surface area contributed by atoms with Gasteiger partial charge in [-0.2, -0.15) is 0 Å². The van der Waals surface area contributed by atoms with Gasteiger partial charge in [0.15, 0.2) is 0 Å². The Kier molecular flexibility index (Phi) is 12.5. The van der Waals surface area contributed by atoms with Gasteiger partial charge in [0.25, 0.3) is 0 Å². The zero-order valence-corrected chi connectivity index (χ0v) is 14.5. The predicted octanol–water partition coefficient (Wildman–Crippen LogP) is 5.44. The molecule has 0 spiro atoms. The SMILES string of the molecule is CCCCCCCCC/C=C/OC[Si](C)(C)OCC. The van der Waals surface area contributed by atoms with Gasteiger partial charge in [0, 0.05) is 6.61 Å². The third-order valence-electron chi connectivity index (χ3n) is 3.13. The van der Waals surface area contributed by atoms with E-state index in [1.807, 2.05) is 13.2 Å². The second-order valence-electron chi connectivity index (χ2n) is 5.79. The van der Waals surface area contributed by atoms with Crippen molar-refractivity contribution in [3.63, 3.8) is 0 Å². The molecule has 0 radical (unpaired) electrons. The predicted molar refractivity (Wildman–Crippen MR) is 86.8 cm³/mol. The molecule has 0 amide bonds. The highest BCUT2D eigenvalue weighted by Crippen LogP contribution is 2.09. The van der Waals surface area contributed by atoms with Crippen molar-refractivity contribution in [3.05, 3.63) is 12.3 Å². The van der Waals surface area contributed by atoms with Crippen LogP contribution in [0.15, 0.2) is 12.3 Å². The molecule has 0 N–H and O–H groups in total. The molecule has 0 rings (SSSR count). The highest BCUT2D eigenvalue weighted by atomic mass is 28.4. The average molecular weight is 287 g/mol. The molecular weight excluding hydrogens is 252 g/mol. The first-order valence-electron chi connectivity index (χ1n) is 8.03. The minimum Gasteiger partial charge on any atom is -0.502 e. The molecule has 0 aliphatic heterocycles. The Morgan fingerprint density at radius 3 is 2.16 bits per heavy atom. The fourth-order valence-electron chi connectivity index (χ4n) is 2.04. The van der Waals surface area contributed by atoms with Crippen molar-refractivity contribution >= 4 is 8.32 Å². The summed E-state index contributed by atoms with van der Waals surface area (Å²) in [7, 11) is -1.57. The van der Waals surface area contributed by atoms with E-state index in [0.717, 1.165) is 19.3 Å². The average Bonchev–Trinajstić information content (AvgIpc) is 2.36. The molecule has 0 bridgehead atoms. The second-order valence-corrected chi connectivity index (χ2v) is 9.88. The van der Waals surface area contributed by atoms with Crippen LogP contribution in [0.25, 0.3) is 0 Å².